The number of hydrogen-bond donors (Lipinski definition) is 1. The minimum Gasteiger partial charge on any atom is -0.350 e. The first kappa shape index (κ1) is 16.5. The van der Waals surface area contributed by atoms with Crippen molar-refractivity contribution in [1.82, 2.24) is 5.32 Å². The Bertz CT molecular complexity index is 434. The lowest BCUT2D eigenvalue weighted by Gasteiger charge is -2.14. The van der Waals surface area contributed by atoms with Crippen LogP contribution in [0.1, 0.15) is 52.5 Å². The van der Waals surface area contributed by atoms with Crippen molar-refractivity contribution in [3.8, 4) is 0 Å². The summed E-state index contributed by atoms with van der Waals surface area (Å²) in [6, 6.07) is 10.2. The van der Waals surface area contributed by atoms with Crippen LogP contribution in [0.25, 0.3) is 6.08 Å². The fourth-order valence-corrected chi connectivity index (χ4v) is 2.11. The molecule has 0 fully saturated rings. The summed E-state index contributed by atoms with van der Waals surface area (Å²) in [6.45, 7) is 8.41. The predicted molar refractivity (Wildman–Crippen MR) is 86.4 cm³/mol. The average Bonchev–Trinajstić information content (AvgIpc) is 2.39. The Labute approximate surface area is 123 Å². The van der Waals surface area contributed by atoms with Crippen molar-refractivity contribution in [1.29, 1.82) is 0 Å². The molecule has 1 aromatic carbocycles. The van der Waals surface area contributed by atoms with E-state index in [2.05, 4.69) is 26.1 Å². The zero-order valence-corrected chi connectivity index (χ0v) is 13.1. The van der Waals surface area contributed by atoms with Crippen LogP contribution in [0.5, 0.6) is 0 Å². The lowest BCUT2D eigenvalue weighted by atomic mass is 10.0. The Hall–Kier alpha value is -1.57. The van der Waals surface area contributed by atoms with E-state index in [9.17, 15) is 4.79 Å². The molecule has 110 valence electrons. The summed E-state index contributed by atoms with van der Waals surface area (Å²) in [5.74, 6) is 0.767. The third kappa shape index (κ3) is 6.55. The van der Waals surface area contributed by atoms with Gasteiger partial charge in [-0.25, -0.2) is 0 Å². The topological polar surface area (TPSA) is 29.1 Å². The third-order valence-electron chi connectivity index (χ3n) is 3.34. The van der Waals surface area contributed by atoms with E-state index in [1.807, 2.05) is 43.3 Å². The molecule has 1 N–H and O–H groups in total. The molecule has 0 spiro atoms. The summed E-state index contributed by atoms with van der Waals surface area (Å²) >= 11 is 0. The van der Waals surface area contributed by atoms with Crippen molar-refractivity contribution in [2.75, 3.05) is 0 Å². The molecule has 2 nitrogen and oxygen atoms in total. The molecule has 2 heteroatoms. The molecular weight excluding hydrogens is 246 g/mol. The molecule has 0 heterocycles. The first-order valence-electron chi connectivity index (χ1n) is 7.53. The molecule has 0 bridgehead atoms. The lowest BCUT2D eigenvalue weighted by molar-refractivity contribution is -0.118. The Kier molecular flexibility index (Phi) is 7.06. The number of hydrogen-bond acceptors (Lipinski definition) is 1. The number of amides is 1. The molecule has 1 amide bonds. The second kappa shape index (κ2) is 8.57. The molecule has 0 aliphatic carbocycles. The largest absolute Gasteiger partial charge is 0.350 e. The van der Waals surface area contributed by atoms with Crippen molar-refractivity contribution in [2.45, 2.75) is 53.0 Å². The minimum atomic E-state index is 0.0332. The highest BCUT2D eigenvalue weighted by Crippen LogP contribution is 2.10. The van der Waals surface area contributed by atoms with Crippen LogP contribution in [-0.4, -0.2) is 11.9 Å². The van der Waals surface area contributed by atoms with Gasteiger partial charge in [-0.3, -0.25) is 4.79 Å². The molecule has 1 rings (SSSR count). The lowest BCUT2D eigenvalue weighted by Crippen LogP contribution is -2.33. The standard InChI is InChI=1S/C18H27NO/c1-14(2)9-8-10-16(4)19-18(20)15(3)13-17-11-6-5-7-12-17/h5-7,11-14,16H,8-10H2,1-4H3,(H,19,20). The Morgan fingerprint density at radius 3 is 2.40 bits per heavy atom. The highest BCUT2D eigenvalue weighted by Gasteiger charge is 2.09. The second-order valence-corrected chi connectivity index (χ2v) is 5.94. The van der Waals surface area contributed by atoms with Crippen LogP contribution in [0, 0.1) is 5.92 Å². The van der Waals surface area contributed by atoms with Gasteiger partial charge >= 0.3 is 0 Å². The summed E-state index contributed by atoms with van der Waals surface area (Å²) in [4.78, 5) is 12.1. The number of carbonyl (C=O) groups excluding carboxylic acids is 1. The number of rotatable bonds is 7. The van der Waals surface area contributed by atoms with Crippen LogP contribution in [0.3, 0.4) is 0 Å². The van der Waals surface area contributed by atoms with Gasteiger partial charge in [-0.2, -0.15) is 0 Å². The summed E-state index contributed by atoms with van der Waals surface area (Å²) in [5, 5.41) is 3.07. The van der Waals surface area contributed by atoms with Crippen molar-refractivity contribution >= 4 is 12.0 Å². The Morgan fingerprint density at radius 1 is 1.15 bits per heavy atom. The summed E-state index contributed by atoms with van der Waals surface area (Å²) < 4.78 is 0. The maximum Gasteiger partial charge on any atom is 0.247 e. The summed E-state index contributed by atoms with van der Waals surface area (Å²) in [5.41, 5.74) is 1.82. The monoisotopic (exact) mass is 273 g/mol. The fourth-order valence-electron chi connectivity index (χ4n) is 2.11. The number of nitrogens with one attached hydrogen (secondary N) is 1. The van der Waals surface area contributed by atoms with Crippen LogP contribution in [-0.2, 0) is 4.79 Å². The smallest absolute Gasteiger partial charge is 0.247 e. The number of carbonyl (C=O) groups is 1. The first-order valence-corrected chi connectivity index (χ1v) is 7.53. The highest BCUT2D eigenvalue weighted by molar-refractivity contribution is 5.97. The molecule has 0 aliphatic heterocycles. The van der Waals surface area contributed by atoms with E-state index in [0.717, 1.165) is 23.5 Å². The molecule has 0 saturated heterocycles. The van der Waals surface area contributed by atoms with Gasteiger partial charge in [-0.05, 0) is 37.8 Å². The van der Waals surface area contributed by atoms with Gasteiger partial charge in [-0.1, -0.05) is 57.0 Å². The second-order valence-electron chi connectivity index (χ2n) is 5.94. The average molecular weight is 273 g/mol. The Morgan fingerprint density at radius 2 is 1.80 bits per heavy atom. The van der Waals surface area contributed by atoms with Gasteiger partial charge in [0.25, 0.3) is 0 Å². The molecule has 1 aromatic rings. The number of benzene rings is 1. The van der Waals surface area contributed by atoms with Crippen LogP contribution >= 0.6 is 0 Å². The van der Waals surface area contributed by atoms with E-state index >= 15 is 0 Å². The van der Waals surface area contributed by atoms with Crippen LogP contribution in [0.15, 0.2) is 35.9 Å². The van der Waals surface area contributed by atoms with E-state index in [4.69, 9.17) is 0 Å². The molecule has 0 radical (unpaired) electrons. The normalized spacial score (nSPS) is 13.3. The van der Waals surface area contributed by atoms with E-state index in [1.165, 1.54) is 12.8 Å². The first-order chi connectivity index (χ1) is 9.49. The van der Waals surface area contributed by atoms with E-state index < -0.39 is 0 Å². The minimum absolute atomic E-state index is 0.0332. The van der Waals surface area contributed by atoms with Crippen molar-refractivity contribution < 1.29 is 4.79 Å². The molecule has 0 saturated carbocycles. The van der Waals surface area contributed by atoms with Gasteiger partial charge in [0.2, 0.25) is 5.91 Å². The zero-order chi connectivity index (χ0) is 15.0. The Balaban J connectivity index is 2.43. The molecule has 0 aliphatic rings. The van der Waals surface area contributed by atoms with Crippen LogP contribution in [0.2, 0.25) is 0 Å². The van der Waals surface area contributed by atoms with E-state index in [-0.39, 0.29) is 11.9 Å². The maximum absolute atomic E-state index is 12.1. The SMILES string of the molecule is CC(=Cc1ccccc1)C(=O)NC(C)CCCC(C)C. The molecule has 20 heavy (non-hydrogen) atoms. The van der Waals surface area contributed by atoms with Gasteiger partial charge in [-0.15, -0.1) is 0 Å². The van der Waals surface area contributed by atoms with Gasteiger partial charge in [0, 0.05) is 11.6 Å². The van der Waals surface area contributed by atoms with Crippen molar-refractivity contribution in [2.24, 2.45) is 5.92 Å². The van der Waals surface area contributed by atoms with Crippen LogP contribution < -0.4 is 5.32 Å². The van der Waals surface area contributed by atoms with E-state index in [0.29, 0.717) is 0 Å². The molecule has 0 aromatic heterocycles. The van der Waals surface area contributed by atoms with Gasteiger partial charge in [0.05, 0.1) is 0 Å². The third-order valence-corrected chi connectivity index (χ3v) is 3.34. The predicted octanol–water partition coefficient (Wildman–Crippen LogP) is 4.42. The molecule has 1 unspecified atom stereocenters. The van der Waals surface area contributed by atoms with Gasteiger partial charge in [0.1, 0.15) is 0 Å². The summed E-state index contributed by atoms with van der Waals surface area (Å²) in [7, 11) is 0. The van der Waals surface area contributed by atoms with Gasteiger partial charge < -0.3 is 5.32 Å². The van der Waals surface area contributed by atoms with E-state index in [1.54, 1.807) is 0 Å². The summed E-state index contributed by atoms with van der Waals surface area (Å²) in [6.07, 6.45) is 5.36. The quantitative estimate of drug-likeness (QED) is 0.732. The molecular formula is C18H27NO. The van der Waals surface area contributed by atoms with Crippen molar-refractivity contribution in [3.63, 3.8) is 0 Å². The van der Waals surface area contributed by atoms with Crippen molar-refractivity contribution in [3.05, 3.63) is 41.5 Å². The fraction of sp³-hybridized carbons (Fsp3) is 0.500. The maximum atomic E-state index is 12.1. The highest BCUT2D eigenvalue weighted by atomic mass is 16.1. The zero-order valence-electron chi connectivity index (χ0n) is 13.1. The molecule has 1 atom stereocenters. The van der Waals surface area contributed by atoms with Gasteiger partial charge in [0.15, 0.2) is 0 Å². The van der Waals surface area contributed by atoms with Crippen LogP contribution in [0.4, 0.5) is 0 Å².